The molecule has 2 N–H and O–H groups in total. The van der Waals surface area contributed by atoms with Crippen molar-refractivity contribution in [2.45, 2.75) is 24.3 Å². The molecule has 0 heterocycles. The fourth-order valence-corrected chi connectivity index (χ4v) is 2.38. The number of carboxylic acids is 1. The van der Waals surface area contributed by atoms with Crippen LogP contribution >= 0.6 is 0 Å². The monoisotopic (exact) mass is 258 g/mol. The van der Waals surface area contributed by atoms with Gasteiger partial charge in [-0.1, -0.05) is 12.1 Å². The number of carbonyl (C=O) groups is 1. The third kappa shape index (κ3) is 2.76. The first-order valence-electron chi connectivity index (χ1n) is 4.90. The molecular weight excluding hydrogens is 244 g/mol. The van der Waals surface area contributed by atoms with Crippen molar-refractivity contribution in [2.75, 3.05) is 0 Å². The van der Waals surface area contributed by atoms with Gasteiger partial charge in [-0.15, -0.1) is 0 Å². The fourth-order valence-electron chi connectivity index (χ4n) is 1.13. The number of benzene rings is 1. The van der Waals surface area contributed by atoms with Gasteiger partial charge in [0.05, 0.1) is 5.75 Å². The molecule has 0 saturated heterocycles. The minimum absolute atomic E-state index is 0.0312. The summed E-state index contributed by atoms with van der Waals surface area (Å²) < 4.78 is 22.0. The summed E-state index contributed by atoms with van der Waals surface area (Å²) in [5, 5.41) is 17.9. The van der Waals surface area contributed by atoms with Gasteiger partial charge < -0.3 is 10.2 Å². The number of sulfone groups is 1. The molecule has 6 heteroatoms. The van der Waals surface area contributed by atoms with E-state index in [4.69, 9.17) is 10.2 Å². The Kier molecular flexibility index (Phi) is 3.47. The molecule has 0 atom stereocenters. The molecule has 0 aliphatic rings. The molecule has 1 aromatic carbocycles. The molecule has 1 rings (SSSR count). The van der Waals surface area contributed by atoms with E-state index in [1.165, 1.54) is 24.3 Å². The smallest absolute Gasteiger partial charge is 0.324 e. The third-order valence-corrected chi connectivity index (χ3v) is 5.03. The van der Waals surface area contributed by atoms with Crippen molar-refractivity contribution in [1.29, 1.82) is 0 Å². The normalized spacial score (nSPS) is 12.4. The summed E-state index contributed by atoms with van der Waals surface area (Å²) >= 11 is 0. The highest BCUT2D eigenvalue weighted by Gasteiger charge is 2.41. The number of phenolic OH excluding ortho intramolecular Hbond substituents is 1. The van der Waals surface area contributed by atoms with Gasteiger partial charge in [0, 0.05) is 0 Å². The molecule has 0 radical (unpaired) electrons. The van der Waals surface area contributed by atoms with Gasteiger partial charge in [0.15, 0.2) is 14.6 Å². The molecule has 0 saturated carbocycles. The molecule has 0 aliphatic heterocycles. The molecule has 0 spiro atoms. The summed E-state index contributed by atoms with van der Waals surface area (Å²) in [5.74, 6) is -1.72. The number of phenols is 1. The van der Waals surface area contributed by atoms with E-state index >= 15 is 0 Å². The average Bonchev–Trinajstić information content (AvgIpc) is 2.20. The standard InChI is InChI=1S/C11H14O5S/c1-11(2,10(13)14)17(15,16)7-8-3-5-9(12)6-4-8/h3-6,12H,7H2,1-2H3,(H,13,14). The molecule has 0 aromatic heterocycles. The molecule has 0 fully saturated rings. The number of hydrogen-bond donors (Lipinski definition) is 2. The van der Waals surface area contributed by atoms with Gasteiger partial charge in [0.2, 0.25) is 0 Å². The van der Waals surface area contributed by atoms with Gasteiger partial charge in [-0.2, -0.15) is 0 Å². The lowest BCUT2D eigenvalue weighted by Gasteiger charge is -2.19. The van der Waals surface area contributed by atoms with Gasteiger partial charge >= 0.3 is 5.97 Å². The highest BCUT2D eigenvalue weighted by Crippen LogP contribution is 2.22. The van der Waals surface area contributed by atoms with Crippen LogP contribution in [0.5, 0.6) is 5.75 Å². The summed E-state index contributed by atoms with van der Waals surface area (Å²) in [4.78, 5) is 10.9. The van der Waals surface area contributed by atoms with Crippen molar-refractivity contribution in [2.24, 2.45) is 0 Å². The van der Waals surface area contributed by atoms with Gasteiger partial charge in [-0.25, -0.2) is 8.42 Å². The second kappa shape index (κ2) is 4.37. The quantitative estimate of drug-likeness (QED) is 0.845. The summed E-state index contributed by atoms with van der Waals surface area (Å²) in [7, 11) is -3.81. The van der Waals surface area contributed by atoms with Crippen LogP contribution in [-0.4, -0.2) is 29.3 Å². The fraction of sp³-hybridized carbons (Fsp3) is 0.364. The molecule has 17 heavy (non-hydrogen) atoms. The van der Waals surface area contributed by atoms with Crippen LogP contribution in [0.1, 0.15) is 19.4 Å². The number of carboxylic acid groups (broad SMARTS) is 1. The highest BCUT2D eigenvalue weighted by atomic mass is 32.2. The van der Waals surface area contributed by atoms with Crippen LogP contribution in [0.25, 0.3) is 0 Å². The van der Waals surface area contributed by atoms with Crippen molar-refractivity contribution in [3.8, 4) is 5.75 Å². The van der Waals surface area contributed by atoms with Crippen LogP contribution in [0.4, 0.5) is 0 Å². The second-order valence-corrected chi connectivity index (χ2v) is 6.78. The SMILES string of the molecule is CC(C)(C(=O)O)S(=O)(=O)Cc1ccc(O)cc1. The van der Waals surface area contributed by atoms with Crippen molar-refractivity contribution >= 4 is 15.8 Å². The molecule has 94 valence electrons. The Morgan fingerprint density at radius 1 is 1.24 bits per heavy atom. The van der Waals surface area contributed by atoms with Gasteiger partial charge in [0.25, 0.3) is 0 Å². The van der Waals surface area contributed by atoms with E-state index in [2.05, 4.69) is 0 Å². The Hall–Kier alpha value is -1.56. The number of hydrogen-bond acceptors (Lipinski definition) is 4. The molecular formula is C11H14O5S. The summed E-state index contributed by atoms with van der Waals surface area (Å²) in [6.07, 6.45) is 0. The number of aromatic hydroxyl groups is 1. The first-order valence-corrected chi connectivity index (χ1v) is 6.55. The Morgan fingerprint density at radius 3 is 2.12 bits per heavy atom. The van der Waals surface area contributed by atoms with Crippen molar-refractivity contribution in [3.63, 3.8) is 0 Å². The van der Waals surface area contributed by atoms with Crippen molar-refractivity contribution in [1.82, 2.24) is 0 Å². The van der Waals surface area contributed by atoms with Crippen LogP contribution in [0, 0.1) is 0 Å². The summed E-state index contributed by atoms with van der Waals surface area (Å²) in [5.41, 5.74) is 0.442. The van der Waals surface area contributed by atoms with Gasteiger partial charge in [0.1, 0.15) is 5.75 Å². The zero-order valence-corrected chi connectivity index (χ0v) is 10.4. The Bertz CT molecular complexity index is 513. The van der Waals surface area contributed by atoms with E-state index in [-0.39, 0.29) is 11.5 Å². The van der Waals surface area contributed by atoms with Crippen molar-refractivity contribution < 1.29 is 23.4 Å². The maximum atomic E-state index is 11.9. The summed E-state index contributed by atoms with van der Waals surface area (Å²) in [6, 6.07) is 5.62. The van der Waals surface area contributed by atoms with Crippen LogP contribution in [0.2, 0.25) is 0 Å². The van der Waals surface area contributed by atoms with Crippen LogP contribution in [0.15, 0.2) is 24.3 Å². The molecule has 0 bridgehead atoms. The minimum atomic E-state index is -3.81. The highest BCUT2D eigenvalue weighted by molar-refractivity contribution is 7.92. The number of aliphatic carboxylic acids is 1. The van der Waals surface area contributed by atoms with E-state index in [1.54, 1.807) is 0 Å². The topological polar surface area (TPSA) is 91.7 Å². The Balaban J connectivity index is 3.02. The lowest BCUT2D eigenvalue weighted by Crippen LogP contribution is -2.41. The van der Waals surface area contributed by atoms with Crippen molar-refractivity contribution in [3.05, 3.63) is 29.8 Å². The van der Waals surface area contributed by atoms with E-state index in [0.29, 0.717) is 5.56 Å². The van der Waals surface area contributed by atoms with E-state index in [9.17, 15) is 13.2 Å². The lowest BCUT2D eigenvalue weighted by molar-refractivity contribution is -0.139. The molecule has 0 aliphatic carbocycles. The van der Waals surface area contributed by atoms with E-state index in [1.807, 2.05) is 0 Å². The minimum Gasteiger partial charge on any atom is -0.508 e. The zero-order valence-electron chi connectivity index (χ0n) is 9.54. The molecule has 0 amide bonds. The van der Waals surface area contributed by atoms with E-state index in [0.717, 1.165) is 13.8 Å². The van der Waals surface area contributed by atoms with Crippen LogP contribution in [-0.2, 0) is 20.4 Å². The van der Waals surface area contributed by atoms with Crippen LogP contribution < -0.4 is 0 Å². The molecule has 0 unspecified atom stereocenters. The molecule has 5 nitrogen and oxygen atoms in total. The maximum absolute atomic E-state index is 11.9. The van der Waals surface area contributed by atoms with Crippen LogP contribution in [0.3, 0.4) is 0 Å². The second-order valence-electron chi connectivity index (χ2n) is 4.24. The summed E-state index contributed by atoms with van der Waals surface area (Å²) in [6.45, 7) is 2.32. The van der Waals surface area contributed by atoms with Gasteiger partial charge in [-0.05, 0) is 31.5 Å². The first kappa shape index (κ1) is 13.5. The maximum Gasteiger partial charge on any atom is 0.324 e. The lowest BCUT2D eigenvalue weighted by atomic mass is 10.2. The zero-order chi connectivity index (χ0) is 13.3. The Morgan fingerprint density at radius 2 is 1.71 bits per heavy atom. The number of rotatable bonds is 4. The largest absolute Gasteiger partial charge is 0.508 e. The predicted octanol–water partition coefficient (Wildman–Crippen LogP) is 1.17. The predicted molar refractivity (Wildman–Crippen MR) is 62.4 cm³/mol. The van der Waals surface area contributed by atoms with E-state index < -0.39 is 20.6 Å². The third-order valence-electron chi connectivity index (χ3n) is 2.59. The average molecular weight is 258 g/mol. The first-order chi connectivity index (χ1) is 7.67. The molecule has 1 aromatic rings. The van der Waals surface area contributed by atoms with Gasteiger partial charge in [-0.3, -0.25) is 4.79 Å². The Labute approximate surface area is 99.6 Å².